The fourth-order valence-corrected chi connectivity index (χ4v) is 1.34. The van der Waals surface area contributed by atoms with Crippen LogP contribution < -0.4 is 10.1 Å². The van der Waals surface area contributed by atoms with Crippen molar-refractivity contribution in [1.29, 1.82) is 0 Å². The molecule has 0 aliphatic rings. The zero-order valence-electron chi connectivity index (χ0n) is 11.2. The Morgan fingerprint density at radius 2 is 2.06 bits per heavy atom. The first-order valence-corrected chi connectivity index (χ1v) is 6.26. The second kappa shape index (κ2) is 7.71. The van der Waals surface area contributed by atoms with E-state index in [-0.39, 0.29) is 18.6 Å². The van der Waals surface area contributed by atoms with Gasteiger partial charge in [-0.05, 0) is 32.4 Å². The summed E-state index contributed by atoms with van der Waals surface area (Å²) in [5, 5.41) is 2.79. The van der Waals surface area contributed by atoms with Crippen molar-refractivity contribution < 1.29 is 14.3 Å². The van der Waals surface area contributed by atoms with Gasteiger partial charge in [0.15, 0.2) is 0 Å². The molecule has 0 bridgehead atoms. The summed E-state index contributed by atoms with van der Waals surface area (Å²) in [5.41, 5.74) is 0.684. The van der Waals surface area contributed by atoms with E-state index in [1.807, 2.05) is 45.0 Å². The number of carbonyl (C=O) groups excluding carboxylic acids is 1. The van der Waals surface area contributed by atoms with Crippen LogP contribution in [0.5, 0.6) is 5.75 Å². The van der Waals surface area contributed by atoms with Crippen LogP contribution in [0.2, 0.25) is 0 Å². The molecule has 1 amide bonds. The van der Waals surface area contributed by atoms with Gasteiger partial charge in [0, 0.05) is 0 Å². The van der Waals surface area contributed by atoms with Gasteiger partial charge in [0.1, 0.15) is 12.4 Å². The lowest BCUT2D eigenvalue weighted by Crippen LogP contribution is -2.21. The van der Waals surface area contributed by atoms with Crippen molar-refractivity contribution in [1.82, 2.24) is 0 Å². The van der Waals surface area contributed by atoms with Crippen molar-refractivity contribution in [2.75, 3.05) is 18.5 Å². The van der Waals surface area contributed by atoms with Gasteiger partial charge in [-0.1, -0.05) is 19.1 Å². The Kier molecular flexibility index (Phi) is 6.22. The minimum absolute atomic E-state index is 0.0438. The summed E-state index contributed by atoms with van der Waals surface area (Å²) in [5.74, 6) is 0.522. The fourth-order valence-electron chi connectivity index (χ4n) is 1.34. The van der Waals surface area contributed by atoms with Gasteiger partial charge in [-0.3, -0.25) is 4.79 Å². The van der Waals surface area contributed by atoms with E-state index in [0.29, 0.717) is 18.0 Å². The second-order valence-electron chi connectivity index (χ2n) is 4.25. The molecule has 0 spiro atoms. The van der Waals surface area contributed by atoms with Crippen LogP contribution in [0, 0.1) is 0 Å². The molecule has 0 saturated heterocycles. The van der Waals surface area contributed by atoms with Crippen molar-refractivity contribution in [3.05, 3.63) is 24.3 Å². The van der Waals surface area contributed by atoms with Crippen LogP contribution >= 0.6 is 0 Å². The highest BCUT2D eigenvalue weighted by Crippen LogP contribution is 2.23. The number of anilines is 1. The first kappa shape index (κ1) is 14.5. The highest BCUT2D eigenvalue weighted by Gasteiger charge is 2.08. The second-order valence-corrected chi connectivity index (χ2v) is 4.25. The quantitative estimate of drug-likeness (QED) is 0.810. The van der Waals surface area contributed by atoms with E-state index in [9.17, 15) is 4.79 Å². The molecule has 0 aromatic heterocycles. The van der Waals surface area contributed by atoms with Gasteiger partial charge in [-0.25, -0.2) is 0 Å². The number of amides is 1. The Morgan fingerprint density at radius 3 is 2.72 bits per heavy atom. The topological polar surface area (TPSA) is 47.6 Å². The molecule has 0 saturated carbocycles. The van der Waals surface area contributed by atoms with E-state index in [2.05, 4.69) is 5.32 Å². The van der Waals surface area contributed by atoms with E-state index >= 15 is 0 Å². The highest BCUT2D eigenvalue weighted by atomic mass is 16.5. The summed E-state index contributed by atoms with van der Waals surface area (Å²) in [6.45, 7) is 6.52. The van der Waals surface area contributed by atoms with Gasteiger partial charge < -0.3 is 14.8 Å². The lowest BCUT2D eigenvalue weighted by molar-refractivity contribution is -0.121. The predicted molar refractivity (Wildman–Crippen MR) is 71.9 cm³/mol. The molecule has 100 valence electrons. The first-order valence-electron chi connectivity index (χ1n) is 6.26. The van der Waals surface area contributed by atoms with Crippen molar-refractivity contribution in [3.63, 3.8) is 0 Å². The summed E-state index contributed by atoms with van der Waals surface area (Å²) in [6.07, 6.45) is 0.973. The largest absolute Gasteiger partial charge is 0.491 e. The van der Waals surface area contributed by atoms with Crippen LogP contribution in [0.1, 0.15) is 27.2 Å². The van der Waals surface area contributed by atoms with Crippen LogP contribution in [0.15, 0.2) is 24.3 Å². The molecule has 0 unspecified atom stereocenters. The normalized spacial score (nSPS) is 10.4. The summed E-state index contributed by atoms with van der Waals surface area (Å²) < 4.78 is 10.8. The molecule has 4 heteroatoms. The molecule has 1 aromatic rings. The van der Waals surface area contributed by atoms with Crippen LogP contribution in [-0.2, 0) is 9.53 Å². The van der Waals surface area contributed by atoms with Gasteiger partial charge in [0.05, 0.1) is 18.4 Å². The van der Waals surface area contributed by atoms with Gasteiger partial charge in [-0.2, -0.15) is 0 Å². The summed E-state index contributed by atoms with van der Waals surface area (Å²) in [6, 6.07) is 7.40. The lowest BCUT2D eigenvalue weighted by Gasteiger charge is -2.12. The zero-order chi connectivity index (χ0) is 13.4. The van der Waals surface area contributed by atoms with E-state index in [1.54, 1.807) is 0 Å². The molecule has 0 fully saturated rings. The maximum absolute atomic E-state index is 11.7. The number of para-hydroxylation sites is 2. The molecule has 0 atom stereocenters. The Balaban J connectivity index is 2.57. The Hall–Kier alpha value is -1.55. The average Bonchev–Trinajstić information content (AvgIpc) is 2.35. The standard InChI is InChI=1S/C14H21NO3/c1-4-9-17-13-8-6-5-7-12(13)15-14(16)10-18-11(2)3/h5-8,11H,4,9-10H2,1-3H3,(H,15,16). The van der Waals surface area contributed by atoms with Crippen molar-refractivity contribution in [2.24, 2.45) is 0 Å². The molecule has 0 aliphatic heterocycles. The van der Waals surface area contributed by atoms with Crippen molar-refractivity contribution >= 4 is 11.6 Å². The minimum atomic E-state index is -0.170. The number of nitrogens with one attached hydrogen (secondary N) is 1. The Bertz CT molecular complexity index is 377. The number of rotatable bonds is 7. The maximum Gasteiger partial charge on any atom is 0.250 e. The number of carbonyl (C=O) groups is 1. The number of ether oxygens (including phenoxy) is 2. The zero-order valence-corrected chi connectivity index (χ0v) is 11.2. The Morgan fingerprint density at radius 1 is 1.33 bits per heavy atom. The SMILES string of the molecule is CCCOc1ccccc1NC(=O)COC(C)C. The number of hydrogen-bond donors (Lipinski definition) is 1. The van der Waals surface area contributed by atoms with Gasteiger partial charge >= 0.3 is 0 Å². The third kappa shape index (κ3) is 5.19. The van der Waals surface area contributed by atoms with Crippen LogP contribution in [0.25, 0.3) is 0 Å². The van der Waals surface area contributed by atoms with Gasteiger partial charge in [-0.15, -0.1) is 0 Å². The van der Waals surface area contributed by atoms with Gasteiger partial charge in [0.25, 0.3) is 0 Å². The summed E-state index contributed by atoms with van der Waals surface area (Å²) in [4.78, 5) is 11.7. The molecule has 1 N–H and O–H groups in total. The molecule has 0 heterocycles. The number of benzene rings is 1. The van der Waals surface area contributed by atoms with Crippen molar-refractivity contribution in [3.8, 4) is 5.75 Å². The molecule has 1 aromatic carbocycles. The van der Waals surface area contributed by atoms with Crippen LogP contribution in [0.3, 0.4) is 0 Å². The molecular weight excluding hydrogens is 230 g/mol. The third-order valence-electron chi connectivity index (χ3n) is 2.17. The summed E-state index contributed by atoms with van der Waals surface area (Å²) in [7, 11) is 0. The fraction of sp³-hybridized carbons (Fsp3) is 0.500. The van der Waals surface area contributed by atoms with E-state index in [4.69, 9.17) is 9.47 Å². The molecular formula is C14H21NO3. The molecule has 0 radical (unpaired) electrons. The number of hydrogen-bond acceptors (Lipinski definition) is 3. The first-order chi connectivity index (χ1) is 8.63. The van der Waals surface area contributed by atoms with E-state index < -0.39 is 0 Å². The molecule has 4 nitrogen and oxygen atoms in total. The highest BCUT2D eigenvalue weighted by molar-refractivity contribution is 5.93. The summed E-state index contributed by atoms with van der Waals surface area (Å²) >= 11 is 0. The van der Waals surface area contributed by atoms with Crippen LogP contribution in [0.4, 0.5) is 5.69 Å². The third-order valence-corrected chi connectivity index (χ3v) is 2.17. The van der Waals surface area contributed by atoms with E-state index in [1.165, 1.54) is 0 Å². The molecule has 18 heavy (non-hydrogen) atoms. The van der Waals surface area contributed by atoms with Crippen molar-refractivity contribution in [2.45, 2.75) is 33.3 Å². The molecule has 0 aliphatic carbocycles. The maximum atomic E-state index is 11.7. The molecule has 1 rings (SSSR count). The predicted octanol–water partition coefficient (Wildman–Crippen LogP) is 2.84. The van der Waals surface area contributed by atoms with E-state index in [0.717, 1.165) is 6.42 Å². The van der Waals surface area contributed by atoms with Crippen LogP contribution in [-0.4, -0.2) is 25.2 Å². The smallest absolute Gasteiger partial charge is 0.250 e. The lowest BCUT2D eigenvalue weighted by atomic mass is 10.3. The monoisotopic (exact) mass is 251 g/mol. The van der Waals surface area contributed by atoms with Gasteiger partial charge in [0.2, 0.25) is 5.91 Å². The Labute approximate surface area is 108 Å². The minimum Gasteiger partial charge on any atom is -0.491 e. The average molecular weight is 251 g/mol.